The fourth-order valence-corrected chi connectivity index (χ4v) is 4.74. The number of piperidine rings is 1. The zero-order valence-electron chi connectivity index (χ0n) is 26.3. The Hall–Kier alpha value is -4.59. The lowest BCUT2D eigenvalue weighted by molar-refractivity contribution is -0.193. The van der Waals surface area contributed by atoms with E-state index in [1.807, 2.05) is 31.2 Å². The van der Waals surface area contributed by atoms with Crippen LogP contribution in [0.4, 0.5) is 26.3 Å². The number of carboxylic acid groups (broad SMARTS) is 2. The number of aliphatic carboxylic acids is 2. The van der Waals surface area contributed by atoms with Crippen molar-refractivity contribution in [3.8, 4) is 11.5 Å². The van der Waals surface area contributed by atoms with E-state index in [4.69, 9.17) is 45.8 Å². The number of hydrogen-bond donors (Lipinski definition) is 6. The predicted octanol–water partition coefficient (Wildman–Crippen LogP) is 4.01. The summed E-state index contributed by atoms with van der Waals surface area (Å²) in [6, 6.07) is 14.1. The maximum Gasteiger partial charge on any atom is 0.490 e. The summed E-state index contributed by atoms with van der Waals surface area (Å²) < 4.78 is 103. The molecule has 1 aliphatic heterocycles. The molecule has 1 aliphatic rings. The average molecular weight is 730 g/mol. The Balaban J connectivity index is 0.000000717. The van der Waals surface area contributed by atoms with Crippen LogP contribution in [0.1, 0.15) is 37.8 Å². The summed E-state index contributed by atoms with van der Waals surface area (Å²) in [5.41, 5.74) is 7.05. The number of sulfonamides is 1. The molecule has 0 aromatic heterocycles. The van der Waals surface area contributed by atoms with Crippen LogP contribution in [0.15, 0.2) is 48.5 Å². The molecule has 0 spiro atoms. The van der Waals surface area contributed by atoms with E-state index in [9.17, 15) is 34.8 Å². The second-order valence-corrected chi connectivity index (χ2v) is 12.4. The van der Waals surface area contributed by atoms with Crippen LogP contribution in [-0.2, 0) is 26.0 Å². The van der Waals surface area contributed by atoms with Crippen molar-refractivity contribution in [1.29, 1.82) is 10.8 Å². The van der Waals surface area contributed by atoms with Gasteiger partial charge in [-0.1, -0.05) is 24.3 Å². The number of nitrogens with one attached hydrogen (secondary N) is 3. The number of carbonyl (C=O) groups is 2. The van der Waals surface area contributed by atoms with Crippen LogP contribution in [-0.4, -0.2) is 97.1 Å². The fraction of sp³-hybridized carbons (Fsp3) is 0.448. The molecule has 274 valence electrons. The van der Waals surface area contributed by atoms with E-state index in [-0.39, 0.29) is 24.3 Å². The third-order valence-electron chi connectivity index (χ3n) is 6.43. The van der Waals surface area contributed by atoms with Gasteiger partial charge in [-0.15, -0.1) is 0 Å². The molecule has 0 radical (unpaired) electrons. The molecule has 0 saturated carbocycles. The van der Waals surface area contributed by atoms with Crippen molar-refractivity contribution >= 4 is 33.6 Å². The first-order chi connectivity index (χ1) is 22.5. The first-order valence-corrected chi connectivity index (χ1v) is 15.9. The molecule has 13 nitrogen and oxygen atoms in total. The highest BCUT2D eigenvalue weighted by atomic mass is 32.2. The number of amidine groups is 2. The van der Waals surface area contributed by atoms with Crippen molar-refractivity contribution in [2.24, 2.45) is 5.73 Å². The first-order valence-electron chi connectivity index (χ1n) is 14.3. The van der Waals surface area contributed by atoms with Crippen LogP contribution < -0.4 is 19.9 Å². The molecule has 1 fully saturated rings. The molecular weight excluding hydrogens is 692 g/mol. The van der Waals surface area contributed by atoms with Crippen molar-refractivity contribution in [1.82, 2.24) is 9.62 Å². The molecule has 2 aromatic rings. The molecular formula is C29H37F6N5O8S. The SMILES string of the molecule is CCS(=O)(=O)N[C@H](COc1cccc(C(=N)N)c1)Cc1ccc(OC2CCN(C(C)=N)CC2)cc1.O=C(O)C(F)(F)F.O=C(O)C(F)(F)F. The van der Waals surface area contributed by atoms with Gasteiger partial charge in [0.05, 0.1) is 17.6 Å². The van der Waals surface area contributed by atoms with Crippen LogP contribution in [0, 0.1) is 10.8 Å². The lowest BCUT2D eigenvalue weighted by Gasteiger charge is -2.32. The molecule has 0 aliphatic carbocycles. The smallest absolute Gasteiger partial charge is 0.490 e. The topological polar surface area (TPSA) is 216 Å². The molecule has 49 heavy (non-hydrogen) atoms. The second kappa shape index (κ2) is 18.8. The number of carboxylic acids is 2. The summed E-state index contributed by atoms with van der Waals surface area (Å²) in [5.74, 6) is -3.70. The molecule has 0 amide bonds. The average Bonchev–Trinajstić information content (AvgIpc) is 3.01. The Bertz CT molecular complexity index is 1490. The van der Waals surface area contributed by atoms with Gasteiger partial charge in [-0.25, -0.2) is 22.7 Å². The lowest BCUT2D eigenvalue weighted by atomic mass is 10.1. The number of benzene rings is 2. The van der Waals surface area contributed by atoms with Crippen molar-refractivity contribution < 1.29 is 64.0 Å². The third-order valence-corrected chi connectivity index (χ3v) is 7.88. The number of hydrogen-bond acceptors (Lipinski definition) is 8. The van der Waals surface area contributed by atoms with Gasteiger partial charge in [-0.3, -0.25) is 10.8 Å². The lowest BCUT2D eigenvalue weighted by Crippen LogP contribution is -2.41. The second-order valence-electron chi connectivity index (χ2n) is 10.3. The molecule has 0 unspecified atom stereocenters. The van der Waals surface area contributed by atoms with E-state index in [0.717, 1.165) is 37.2 Å². The number of halogens is 6. The normalized spacial score (nSPS) is 14.2. The maximum atomic E-state index is 12.2. The fourth-order valence-electron chi connectivity index (χ4n) is 3.91. The summed E-state index contributed by atoms with van der Waals surface area (Å²) in [5, 5.41) is 29.6. The minimum Gasteiger partial charge on any atom is -0.492 e. The monoisotopic (exact) mass is 729 g/mol. The molecule has 3 rings (SSSR count). The van der Waals surface area contributed by atoms with E-state index < -0.39 is 40.4 Å². The Labute approximate surface area is 278 Å². The van der Waals surface area contributed by atoms with E-state index in [2.05, 4.69) is 9.62 Å². The molecule has 1 saturated heterocycles. The molecule has 0 bridgehead atoms. The molecule has 7 N–H and O–H groups in total. The number of alkyl halides is 6. The number of nitrogens with zero attached hydrogens (tertiary/aromatic N) is 1. The zero-order chi connectivity index (χ0) is 37.6. The van der Waals surface area contributed by atoms with Crippen LogP contribution in [0.2, 0.25) is 0 Å². The highest BCUT2D eigenvalue weighted by Gasteiger charge is 2.38. The first kappa shape index (κ1) is 42.4. The van der Waals surface area contributed by atoms with Gasteiger partial charge < -0.3 is 30.3 Å². The van der Waals surface area contributed by atoms with E-state index >= 15 is 0 Å². The van der Waals surface area contributed by atoms with Crippen LogP contribution in [0.5, 0.6) is 11.5 Å². The summed E-state index contributed by atoms with van der Waals surface area (Å²) in [6.07, 6.45) is -7.84. The number of ether oxygens (including phenoxy) is 2. The van der Waals surface area contributed by atoms with Gasteiger partial charge in [0.25, 0.3) is 0 Å². The van der Waals surface area contributed by atoms with Gasteiger partial charge in [0.1, 0.15) is 30.0 Å². The number of nitrogen functional groups attached to an aromatic ring is 1. The van der Waals surface area contributed by atoms with Gasteiger partial charge in [0.2, 0.25) is 10.0 Å². The minimum atomic E-state index is -5.08. The Morgan fingerprint density at radius 1 is 0.980 bits per heavy atom. The maximum absolute atomic E-state index is 12.2. The molecule has 1 atom stereocenters. The van der Waals surface area contributed by atoms with Crippen molar-refractivity contribution in [3.63, 3.8) is 0 Å². The number of nitrogens with two attached hydrogens (primary N) is 1. The molecule has 20 heteroatoms. The Morgan fingerprint density at radius 2 is 1.49 bits per heavy atom. The Morgan fingerprint density at radius 3 is 1.92 bits per heavy atom. The van der Waals surface area contributed by atoms with Gasteiger partial charge in [0, 0.05) is 31.5 Å². The summed E-state index contributed by atoms with van der Waals surface area (Å²) in [7, 11) is -3.43. The molecule has 2 aromatic carbocycles. The minimum absolute atomic E-state index is 0.0214. The standard InChI is InChI=1S/C25H35N5O4S.2C2HF3O2/c1-3-35(31,32)29-21(17-33-24-6-4-5-20(16-24)25(27)28)15-19-7-9-22(10-8-19)34-23-11-13-30(14-12-23)18(2)26;2*3-2(4,5)1(6)7/h4-10,16,21,23,26,29H,3,11-15,17H2,1-2H3,(H3,27,28);2*(H,6,7)/t21-;;/m0../s1. The van der Waals surface area contributed by atoms with Crippen molar-refractivity contribution in [3.05, 3.63) is 59.7 Å². The summed E-state index contributed by atoms with van der Waals surface area (Å²) >= 11 is 0. The number of likely N-dealkylation sites (tertiary alicyclic amines) is 1. The van der Waals surface area contributed by atoms with Crippen LogP contribution >= 0.6 is 0 Å². The van der Waals surface area contributed by atoms with Crippen molar-refractivity contribution in [2.75, 3.05) is 25.4 Å². The van der Waals surface area contributed by atoms with Crippen LogP contribution in [0.25, 0.3) is 0 Å². The van der Waals surface area contributed by atoms with Gasteiger partial charge in [0.15, 0.2) is 0 Å². The Kier molecular flexibility index (Phi) is 16.3. The number of rotatable bonds is 11. The largest absolute Gasteiger partial charge is 0.492 e. The van der Waals surface area contributed by atoms with Gasteiger partial charge in [-0.2, -0.15) is 26.3 Å². The van der Waals surface area contributed by atoms with Gasteiger partial charge in [-0.05, 0) is 50.1 Å². The predicted molar refractivity (Wildman–Crippen MR) is 165 cm³/mol. The van der Waals surface area contributed by atoms with Crippen LogP contribution in [0.3, 0.4) is 0 Å². The zero-order valence-corrected chi connectivity index (χ0v) is 27.1. The van der Waals surface area contributed by atoms with E-state index in [1.165, 1.54) is 0 Å². The quantitative estimate of drug-likeness (QED) is 0.111. The highest BCUT2D eigenvalue weighted by Crippen LogP contribution is 2.21. The highest BCUT2D eigenvalue weighted by molar-refractivity contribution is 7.89. The third kappa shape index (κ3) is 16.9. The summed E-state index contributed by atoms with van der Waals surface area (Å²) in [4.78, 5) is 19.8. The molecule has 1 heterocycles. The summed E-state index contributed by atoms with van der Waals surface area (Å²) in [6.45, 7) is 5.18. The van der Waals surface area contributed by atoms with E-state index in [0.29, 0.717) is 23.6 Å². The van der Waals surface area contributed by atoms with Gasteiger partial charge >= 0.3 is 24.3 Å². The van der Waals surface area contributed by atoms with E-state index in [1.54, 1.807) is 31.2 Å². The van der Waals surface area contributed by atoms with Crippen molar-refractivity contribution in [2.45, 2.75) is 57.6 Å².